The summed E-state index contributed by atoms with van der Waals surface area (Å²) in [6, 6.07) is 0. The summed E-state index contributed by atoms with van der Waals surface area (Å²) in [7, 11) is 0. The van der Waals surface area contributed by atoms with Crippen molar-refractivity contribution in [3.63, 3.8) is 0 Å². The SMILES string of the molecule is CCN(CC)CCC(C)C(=O)N1CCCCC1. The van der Waals surface area contributed by atoms with Crippen molar-refractivity contribution in [2.75, 3.05) is 32.7 Å². The van der Waals surface area contributed by atoms with Crippen LogP contribution in [0.15, 0.2) is 0 Å². The molecule has 1 fully saturated rings. The van der Waals surface area contributed by atoms with E-state index in [1.807, 2.05) is 0 Å². The predicted octanol–water partition coefficient (Wildman–Crippen LogP) is 2.37. The van der Waals surface area contributed by atoms with E-state index in [4.69, 9.17) is 0 Å². The molecule has 0 aromatic rings. The Hall–Kier alpha value is -0.570. The number of rotatable bonds is 6. The van der Waals surface area contributed by atoms with Gasteiger partial charge in [-0.1, -0.05) is 20.8 Å². The first kappa shape index (κ1) is 14.5. The molecule has 1 atom stereocenters. The number of carbonyl (C=O) groups is 1. The minimum Gasteiger partial charge on any atom is -0.342 e. The lowest BCUT2D eigenvalue weighted by molar-refractivity contribution is -0.136. The molecule has 0 aromatic heterocycles. The third-order valence-corrected chi connectivity index (χ3v) is 3.86. The molecule has 3 nitrogen and oxygen atoms in total. The van der Waals surface area contributed by atoms with Gasteiger partial charge in [0.2, 0.25) is 5.91 Å². The van der Waals surface area contributed by atoms with Crippen molar-refractivity contribution < 1.29 is 4.79 Å². The molecule has 0 radical (unpaired) electrons. The average Bonchev–Trinajstić information content (AvgIpc) is 2.39. The van der Waals surface area contributed by atoms with Crippen LogP contribution in [0.1, 0.15) is 46.5 Å². The van der Waals surface area contributed by atoms with Gasteiger partial charge < -0.3 is 9.80 Å². The molecule has 1 rings (SSSR count). The van der Waals surface area contributed by atoms with E-state index in [9.17, 15) is 4.79 Å². The lowest BCUT2D eigenvalue weighted by Gasteiger charge is -2.30. The van der Waals surface area contributed by atoms with E-state index < -0.39 is 0 Å². The molecule has 100 valence electrons. The molecule has 0 spiro atoms. The van der Waals surface area contributed by atoms with Gasteiger partial charge in [-0.05, 0) is 45.3 Å². The van der Waals surface area contributed by atoms with Gasteiger partial charge in [-0.3, -0.25) is 4.79 Å². The number of hydrogen-bond donors (Lipinski definition) is 0. The molecule has 17 heavy (non-hydrogen) atoms. The first-order chi connectivity index (χ1) is 8.19. The van der Waals surface area contributed by atoms with Gasteiger partial charge in [-0.15, -0.1) is 0 Å². The predicted molar refractivity (Wildman–Crippen MR) is 72.0 cm³/mol. The smallest absolute Gasteiger partial charge is 0.225 e. The van der Waals surface area contributed by atoms with Crippen molar-refractivity contribution >= 4 is 5.91 Å². The highest BCUT2D eigenvalue weighted by Gasteiger charge is 2.21. The summed E-state index contributed by atoms with van der Waals surface area (Å²) < 4.78 is 0. The number of amides is 1. The maximum Gasteiger partial charge on any atom is 0.225 e. The van der Waals surface area contributed by atoms with Crippen molar-refractivity contribution in [2.24, 2.45) is 5.92 Å². The summed E-state index contributed by atoms with van der Waals surface area (Å²) in [6.07, 6.45) is 4.66. The average molecular weight is 240 g/mol. The van der Waals surface area contributed by atoms with Crippen LogP contribution in [-0.2, 0) is 4.79 Å². The highest BCUT2D eigenvalue weighted by atomic mass is 16.2. The molecular weight excluding hydrogens is 212 g/mol. The molecule has 0 saturated carbocycles. The van der Waals surface area contributed by atoms with Crippen LogP contribution in [0.3, 0.4) is 0 Å². The van der Waals surface area contributed by atoms with E-state index in [-0.39, 0.29) is 5.92 Å². The van der Waals surface area contributed by atoms with E-state index in [0.717, 1.165) is 39.1 Å². The Labute approximate surface area is 106 Å². The monoisotopic (exact) mass is 240 g/mol. The van der Waals surface area contributed by atoms with Crippen LogP contribution in [0, 0.1) is 5.92 Å². The van der Waals surface area contributed by atoms with Crippen molar-refractivity contribution in [1.82, 2.24) is 9.80 Å². The van der Waals surface area contributed by atoms with E-state index in [1.165, 1.54) is 19.3 Å². The molecule has 0 bridgehead atoms. The fourth-order valence-electron chi connectivity index (χ4n) is 2.47. The van der Waals surface area contributed by atoms with Gasteiger partial charge in [0.25, 0.3) is 0 Å². The van der Waals surface area contributed by atoms with Gasteiger partial charge in [0, 0.05) is 19.0 Å². The van der Waals surface area contributed by atoms with Crippen molar-refractivity contribution in [1.29, 1.82) is 0 Å². The lowest BCUT2D eigenvalue weighted by Crippen LogP contribution is -2.39. The Morgan fingerprint density at radius 3 is 2.29 bits per heavy atom. The van der Waals surface area contributed by atoms with Crippen LogP contribution in [-0.4, -0.2) is 48.4 Å². The third kappa shape index (κ3) is 4.66. The Morgan fingerprint density at radius 2 is 1.76 bits per heavy atom. The quantitative estimate of drug-likeness (QED) is 0.711. The van der Waals surface area contributed by atoms with E-state index in [2.05, 4.69) is 30.6 Å². The summed E-state index contributed by atoms with van der Waals surface area (Å²) in [5.41, 5.74) is 0. The molecule has 0 aromatic carbocycles. The van der Waals surface area contributed by atoms with Gasteiger partial charge in [0.05, 0.1) is 0 Å². The molecule has 1 aliphatic rings. The second-order valence-electron chi connectivity index (χ2n) is 5.10. The Morgan fingerprint density at radius 1 is 1.18 bits per heavy atom. The van der Waals surface area contributed by atoms with Crippen LogP contribution in [0.25, 0.3) is 0 Å². The molecule has 1 saturated heterocycles. The van der Waals surface area contributed by atoms with Gasteiger partial charge >= 0.3 is 0 Å². The molecule has 3 heteroatoms. The second kappa shape index (κ2) is 7.70. The third-order valence-electron chi connectivity index (χ3n) is 3.86. The first-order valence-corrected chi connectivity index (χ1v) is 7.20. The van der Waals surface area contributed by atoms with E-state index in [1.54, 1.807) is 0 Å². The molecule has 1 unspecified atom stereocenters. The van der Waals surface area contributed by atoms with E-state index in [0.29, 0.717) is 5.91 Å². The highest BCUT2D eigenvalue weighted by molar-refractivity contribution is 5.78. The van der Waals surface area contributed by atoms with Gasteiger partial charge in [0.15, 0.2) is 0 Å². The van der Waals surface area contributed by atoms with Crippen molar-refractivity contribution in [3.05, 3.63) is 0 Å². The Bertz CT molecular complexity index is 220. The summed E-state index contributed by atoms with van der Waals surface area (Å²) in [4.78, 5) is 16.6. The van der Waals surface area contributed by atoms with Crippen LogP contribution in [0.5, 0.6) is 0 Å². The maximum atomic E-state index is 12.2. The van der Waals surface area contributed by atoms with Crippen LogP contribution in [0.4, 0.5) is 0 Å². The molecule has 1 amide bonds. The maximum absolute atomic E-state index is 12.2. The minimum absolute atomic E-state index is 0.189. The van der Waals surface area contributed by atoms with Crippen LogP contribution in [0.2, 0.25) is 0 Å². The lowest BCUT2D eigenvalue weighted by atomic mass is 10.0. The molecule has 1 heterocycles. The zero-order valence-corrected chi connectivity index (χ0v) is 11.7. The fourth-order valence-corrected chi connectivity index (χ4v) is 2.47. The summed E-state index contributed by atoms with van der Waals surface area (Å²) in [5.74, 6) is 0.561. The largest absolute Gasteiger partial charge is 0.342 e. The number of carbonyl (C=O) groups excluding carboxylic acids is 1. The van der Waals surface area contributed by atoms with Crippen molar-refractivity contribution in [2.45, 2.75) is 46.5 Å². The van der Waals surface area contributed by atoms with Crippen molar-refractivity contribution in [3.8, 4) is 0 Å². The van der Waals surface area contributed by atoms with Gasteiger partial charge in [-0.2, -0.15) is 0 Å². The zero-order chi connectivity index (χ0) is 12.7. The normalized spacial score (nSPS) is 18.5. The minimum atomic E-state index is 0.189. The Balaban J connectivity index is 2.30. The number of hydrogen-bond acceptors (Lipinski definition) is 2. The van der Waals surface area contributed by atoms with Crippen LogP contribution >= 0.6 is 0 Å². The highest BCUT2D eigenvalue weighted by Crippen LogP contribution is 2.14. The summed E-state index contributed by atoms with van der Waals surface area (Å²) in [6.45, 7) is 11.6. The number of likely N-dealkylation sites (tertiary alicyclic amines) is 1. The zero-order valence-electron chi connectivity index (χ0n) is 11.7. The topological polar surface area (TPSA) is 23.6 Å². The number of piperidine rings is 1. The summed E-state index contributed by atoms with van der Waals surface area (Å²) in [5, 5.41) is 0. The Kier molecular flexibility index (Phi) is 6.56. The standard InChI is InChI=1S/C14H28N2O/c1-4-15(5-2)12-9-13(3)14(17)16-10-7-6-8-11-16/h13H,4-12H2,1-3H3. The van der Waals surface area contributed by atoms with Gasteiger partial charge in [-0.25, -0.2) is 0 Å². The summed E-state index contributed by atoms with van der Waals surface area (Å²) >= 11 is 0. The molecule has 1 aliphatic heterocycles. The molecular formula is C14H28N2O. The van der Waals surface area contributed by atoms with Crippen LogP contribution < -0.4 is 0 Å². The van der Waals surface area contributed by atoms with Gasteiger partial charge in [0.1, 0.15) is 0 Å². The van der Waals surface area contributed by atoms with E-state index >= 15 is 0 Å². The fraction of sp³-hybridized carbons (Fsp3) is 0.929. The second-order valence-corrected chi connectivity index (χ2v) is 5.10. The molecule has 0 N–H and O–H groups in total. The molecule has 0 aliphatic carbocycles. The first-order valence-electron chi connectivity index (χ1n) is 7.20. The number of nitrogens with zero attached hydrogens (tertiary/aromatic N) is 2.